The van der Waals surface area contributed by atoms with Gasteiger partial charge in [-0.1, -0.05) is 0 Å². The van der Waals surface area contributed by atoms with Crippen molar-refractivity contribution in [2.75, 3.05) is 13.1 Å². The molecule has 0 radical (unpaired) electrons. The van der Waals surface area contributed by atoms with E-state index in [9.17, 15) is 9.59 Å². The molecule has 0 unspecified atom stereocenters. The van der Waals surface area contributed by atoms with Crippen LogP contribution in [-0.2, 0) is 9.59 Å². The van der Waals surface area contributed by atoms with E-state index >= 15 is 0 Å². The Kier molecular flexibility index (Phi) is 5.86. The number of rotatable bonds is 6. The zero-order valence-corrected chi connectivity index (χ0v) is 15.7. The van der Waals surface area contributed by atoms with Crippen molar-refractivity contribution in [2.24, 2.45) is 28.9 Å². The van der Waals surface area contributed by atoms with Gasteiger partial charge in [-0.3, -0.25) is 9.59 Å². The summed E-state index contributed by atoms with van der Waals surface area (Å²) in [4.78, 5) is 24.3. The van der Waals surface area contributed by atoms with Crippen molar-refractivity contribution in [3.8, 4) is 0 Å². The molecule has 0 heterocycles. The van der Waals surface area contributed by atoms with Gasteiger partial charge in [0, 0.05) is 18.5 Å². The van der Waals surface area contributed by atoms with Gasteiger partial charge in [0.25, 0.3) is 0 Å². The summed E-state index contributed by atoms with van der Waals surface area (Å²) >= 11 is 0. The maximum absolute atomic E-state index is 12.4. The molecule has 0 aromatic heterocycles. The second kappa shape index (κ2) is 7.20. The lowest BCUT2D eigenvalue weighted by molar-refractivity contribution is -0.132. The van der Waals surface area contributed by atoms with Crippen molar-refractivity contribution >= 4 is 24.2 Å². The minimum absolute atomic E-state index is 0. The average Bonchev–Trinajstić information content (AvgIpc) is 2.43. The Morgan fingerprint density at radius 2 is 1.54 bits per heavy atom. The first kappa shape index (κ1) is 19.5. The van der Waals surface area contributed by atoms with Gasteiger partial charge in [-0.05, 0) is 75.5 Å². The molecule has 0 spiro atoms. The zero-order chi connectivity index (χ0) is 16.7. The van der Waals surface area contributed by atoms with Crippen LogP contribution in [0.5, 0.6) is 0 Å². The van der Waals surface area contributed by atoms with Crippen LogP contribution in [-0.4, -0.2) is 30.4 Å². The van der Waals surface area contributed by atoms with E-state index in [1.165, 1.54) is 38.5 Å². The molecular formula is C18H32ClN3O2. The molecular weight excluding hydrogens is 326 g/mol. The zero-order valence-electron chi connectivity index (χ0n) is 14.9. The third-order valence-corrected chi connectivity index (χ3v) is 6.13. The molecule has 4 N–H and O–H groups in total. The molecule has 4 aliphatic carbocycles. The summed E-state index contributed by atoms with van der Waals surface area (Å²) in [5.74, 6) is 2.42. The number of carbonyl (C=O) groups is 2. The van der Waals surface area contributed by atoms with Gasteiger partial charge >= 0.3 is 0 Å². The van der Waals surface area contributed by atoms with Crippen molar-refractivity contribution < 1.29 is 9.59 Å². The Balaban J connectivity index is 0.00000208. The molecule has 24 heavy (non-hydrogen) atoms. The van der Waals surface area contributed by atoms with Gasteiger partial charge in [0.05, 0.1) is 6.54 Å². The highest BCUT2D eigenvalue weighted by Gasteiger charge is 2.51. The number of carbonyl (C=O) groups excluding carboxylic acids is 2. The highest BCUT2D eigenvalue weighted by molar-refractivity contribution is 5.85. The lowest BCUT2D eigenvalue weighted by atomic mass is 9.49. The van der Waals surface area contributed by atoms with E-state index in [-0.39, 0.29) is 36.2 Å². The SMILES string of the molecule is CC(C)(CN)NC(=O)CNC(=O)CC12CC3CC(CC(C3)C1)C2.Cl. The smallest absolute Gasteiger partial charge is 0.239 e. The molecule has 4 saturated carbocycles. The molecule has 0 aromatic carbocycles. The highest BCUT2D eigenvalue weighted by atomic mass is 35.5. The Morgan fingerprint density at radius 3 is 2.00 bits per heavy atom. The topological polar surface area (TPSA) is 84.2 Å². The maximum Gasteiger partial charge on any atom is 0.239 e. The largest absolute Gasteiger partial charge is 0.348 e. The summed E-state index contributed by atoms with van der Waals surface area (Å²) in [5, 5.41) is 5.65. The van der Waals surface area contributed by atoms with Gasteiger partial charge in [-0.2, -0.15) is 0 Å². The number of amides is 2. The number of nitrogens with two attached hydrogens (primary N) is 1. The number of halogens is 1. The third kappa shape index (κ3) is 4.42. The van der Waals surface area contributed by atoms with Crippen molar-refractivity contribution in [3.63, 3.8) is 0 Å². The van der Waals surface area contributed by atoms with E-state index in [0.717, 1.165) is 17.8 Å². The molecule has 5 nitrogen and oxygen atoms in total. The standard InChI is InChI=1S/C18H31N3O2.ClH/c1-17(2,11-19)21-16(23)10-20-15(22)9-18-6-12-3-13(7-18)5-14(4-12)8-18;/h12-14H,3-11,19H2,1-2H3,(H,20,22)(H,21,23);1H. The first-order valence-corrected chi connectivity index (χ1v) is 9.07. The summed E-state index contributed by atoms with van der Waals surface area (Å²) in [6, 6.07) is 0. The van der Waals surface area contributed by atoms with Crippen LogP contribution in [0.1, 0.15) is 58.8 Å². The van der Waals surface area contributed by atoms with Crippen LogP contribution in [0.4, 0.5) is 0 Å². The van der Waals surface area contributed by atoms with Crippen molar-refractivity contribution in [3.05, 3.63) is 0 Å². The summed E-state index contributed by atoms with van der Waals surface area (Å²) < 4.78 is 0. The van der Waals surface area contributed by atoms with Crippen LogP contribution in [0.15, 0.2) is 0 Å². The van der Waals surface area contributed by atoms with Crippen LogP contribution >= 0.6 is 12.4 Å². The minimum atomic E-state index is -0.429. The monoisotopic (exact) mass is 357 g/mol. The minimum Gasteiger partial charge on any atom is -0.348 e. The molecule has 0 atom stereocenters. The Morgan fingerprint density at radius 1 is 1.04 bits per heavy atom. The third-order valence-electron chi connectivity index (χ3n) is 6.13. The number of hydrogen-bond donors (Lipinski definition) is 3. The summed E-state index contributed by atoms with van der Waals surface area (Å²) in [6.45, 7) is 4.18. The molecule has 138 valence electrons. The molecule has 2 amide bonds. The molecule has 4 bridgehead atoms. The molecule has 0 saturated heterocycles. The normalized spacial score (nSPS) is 33.7. The molecule has 0 aliphatic heterocycles. The Bertz CT molecular complexity index is 457. The second-order valence-electron chi connectivity index (χ2n) is 9.01. The second-order valence-corrected chi connectivity index (χ2v) is 9.01. The average molecular weight is 358 g/mol. The van der Waals surface area contributed by atoms with Crippen LogP contribution < -0.4 is 16.4 Å². The highest BCUT2D eigenvalue weighted by Crippen LogP contribution is 2.61. The lowest BCUT2D eigenvalue weighted by Crippen LogP contribution is -2.52. The summed E-state index contributed by atoms with van der Waals surface area (Å²) in [5.41, 5.74) is 5.40. The van der Waals surface area contributed by atoms with Crippen LogP contribution in [0, 0.1) is 23.2 Å². The molecule has 4 rings (SSSR count). The molecule has 0 aromatic rings. The van der Waals surface area contributed by atoms with Crippen molar-refractivity contribution in [1.29, 1.82) is 0 Å². The van der Waals surface area contributed by atoms with Crippen molar-refractivity contribution in [1.82, 2.24) is 10.6 Å². The fourth-order valence-corrected chi connectivity index (χ4v) is 5.56. The lowest BCUT2D eigenvalue weighted by Gasteiger charge is -2.56. The summed E-state index contributed by atoms with van der Waals surface area (Å²) in [7, 11) is 0. The van der Waals surface area contributed by atoms with Gasteiger partial charge in [-0.25, -0.2) is 0 Å². The molecule has 4 aliphatic rings. The first-order chi connectivity index (χ1) is 10.8. The predicted molar refractivity (Wildman–Crippen MR) is 96.8 cm³/mol. The Hall–Kier alpha value is -0.810. The number of nitrogens with one attached hydrogen (secondary N) is 2. The number of hydrogen-bond acceptors (Lipinski definition) is 3. The van der Waals surface area contributed by atoms with E-state index in [2.05, 4.69) is 10.6 Å². The predicted octanol–water partition coefficient (Wildman–Crippen LogP) is 1.98. The molecule has 6 heteroatoms. The molecule has 4 fully saturated rings. The van der Waals surface area contributed by atoms with E-state index in [4.69, 9.17) is 5.73 Å². The van der Waals surface area contributed by atoms with E-state index in [1.54, 1.807) is 0 Å². The quantitative estimate of drug-likeness (QED) is 0.679. The van der Waals surface area contributed by atoms with Gasteiger partial charge in [0.1, 0.15) is 0 Å². The van der Waals surface area contributed by atoms with E-state index in [1.807, 2.05) is 13.8 Å². The van der Waals surface area contributed by atoms with Crippen molar-refractivity contribution in [2.45, 2.75) is 64.3 Å². The van der Waals surface area contributed by atoms with Gasteiger partial charge < -0.3 is 16.4 Å². The van der Waals surface area contributed by atoms with Gasteiger partial charge in [-0.15, -0.1) is 12.4 Å². The Labute approximate surface area is 151 Å². The van der Waals surface area contributed by atoms with E-state index in [0.29, 0.717) is 13.0 Å². The van der Waals surface area contributed by atoms with Crippen LogP contribution in [0.25, 0.3) is 0 Å². The first-order valence-electron chi connectivity index (χ1n) is 9.07. The fourth-order valence-electron chi connectivity index (χ4n) is 5.56. The summed E-state index contributed by atoms with van der Waals surface area (Å²) in [6.07, 6.45) is 8.42. The maximum atomic E-state index is 12.4. The van der Waals surface area contributed by atoms with E-state index < -0.39 is 5.54 Å². The van der Waals surface area contributed by atoms with Crippen LogP contribution in [0.3, 0.4) is 0 Å². The van der Waals surface area contributed by atoms with Gasteiger partial charge in [0.2, 0.25) is 11.8 Å². The van der Waals surface area contributed by atoms with Crippen LogP contribution in [0.2, 0.25) is 0 Å². The fraction of sp³-hybridized carbons (Fsp3) is 0.889. The van der Waals surface area contributed by atoms with Gasteiger partial charge in [0.15, 0.2) is 0 Å².